The average molecular weight is 361 g/mol. The molecule has 1 aliphatic carbocycles. The van der Waals surface area contributed by atoms with E-state index >= 15 is 0 Å². The lowest BCUT2D eigenvalue weighted by molar-refractivity contribution is -0.136. The molecule has 1 aromatic heterocycles. The van der Waals surface area contributed by atoms with Crippen LogP contribution in [0.1, 0.15) is 65.1 Å². The molecule has 3 aliphatic rings. The summed E-state index contributed by atoms with van der Waals surface area (Å²) in [6.45, 7) is 3.31. The summed E-state index contributed by atoms with van der Waals surface area (Å²) < 4.78 is 0. The highest BCUT2D eigenvalue weighted by Crippen LogP contribution is 2.32. The molecule has 2 amide bonds. The molecule has 0 radical (unpaired) electrons. The minimum absolute atomic E-state index is 0.121. The van der Waals surface area contributed by atoms with Gasteiger partial charge in [0.1, 0.15) is 0 Å². The van der Waals surface area contributed by atoms with Crippen molar-refractivity contribution >= 4 is 23.2 Å². The number of hydrogen-bond acceptors (Lipinski definition) is 3. The Morgan fingerprint density at radius 2 is 1.60 bits per heavy atom. The average Bonchev–Trinajstić information content (AvgIpc) is 3.13. The van der Waals surface area contributed by atoms with E-state index in [1.165, 1.54) is 29.7 Å². The van der Waals surface area contributed by atoms with Crippen molar-refractivity contribution in [3.63, 3.8) is 0 Å². The van der Waals surface area contributed by atoms with Crippen LogP contribution < -0.4 is 0 Å². The van der Waals surface area contributed by atoms with Gasteiger partial charge in [0.15, 0.2) is 0 Å². The number of rotatable bonds is 2. The maximum absolute atomic E-state index is 12.8. The van der Waals surface area contributed by atoms with Gasteiger partial charge < -0.3 is 9.80 Å². The standard InChI is InChI=1S/C20H28N2O2S/c23-19(21-10-3-1-2-4-11-21)15-8-12-22(13-9-15)20(24)18-14-16-6-5-7-17(16)25-18/h14-15H,1-13H2. The Labute approximate surface area is 154 Å². The summed E-state index contributed by atoms with van der Waals surface area (Å²) in [7, 11) is 0. The first kappa shape index (κ1) is 17.1. The van der Waals surface area contributed by atoms with Crippen LogP contribution in [0.25, 0.3) is 0 Å². The smallest absolute Gasteiger partial charge is 0.263 e. The molecule has 0 unspecified atom stereocenters. The second kappa shape index (κ2) is 7.48. The number of carbonyl (C=O) groups excluding carboxylic acids is 2. The Morgan fingerprint density at radius 3 is 2.28 bits per heavy atom. The molecule has 0 spiro atoms. The molecule has 4 rings (SSSR count). The van der Waals surface area contributed by atoms with Gasteiger partial charge in [-0.2, -0.15) is 0 Å². The lowest BCUT2D eigenvalue weighted by atomic mass is 9.95. The maximum atomic E-state index is 12.8. The van der Waals surface area contributed by atoms with Gasteiger partial charge in [-0.05, 0) is 56.6 Å². The molecule has 25 heavy (non-hydrogen) atoms. The molecule has 0 atom stereocenters. The van der Waals surface area contributed by atoms with Crippen LogP contribution in [-0.2, 0) is 17.6 Å². The van der Waals surface area contributed by atoms with E-state index in [2.05, 4.69) is 11.0 Å². The molecule has 2 saturated heterocycles. The van der Waals surface area contributed by atoms with Crippen molar-refractivity contribution in [3.05, 3.63) is 21.4 Å². The fraction of sp³-hybridized carbons (Fsp3) is 0.700. The van der Waals surface area contributed by atoms with Crippen molar-refractivity contribution in [1.82, 2.24) is 9.80 Å². The molecule has 5 heteroatoms. The number of nitrogens with zero attached hydrogens (tertiary/aromatic N) is 2. The highest BCUT2D eigenvalue weighted by atomic mass is 32.1. The molecule has 2 aliphatic heterocycles. The second-order valence-corrected chi connectivity index (χ2v) is 8.86. The Morgan fingerprint density at radius 1 is 0.880 bits per heavy atom. The largest absolute Gasteiger partial charge is 0.342 e. The molecule has 3 heterocycles. The summed E-state index contributed by atoms with van der Waals surface area (Å²) in [5.41, 5.74) is 1.39. The number of piperidine rings is 1. The zero-order chi connectivity index (χ0) is 17.2. The summed E-state index contributed by atoms with van der Waals surface area (Å²) in [6.07, 6.45) is 9.95. The highest BCUT2D eigenvalue weighted by molar-refractivity contribution is 7.14. The van der Waals surface area contributed by atoms with Crippen molar-refractivity contribution < 1.29 is 9.59 Å². The summed E-state index contributed by atoms with van der Waals surface area (Å²) in [5, 5.41) is 0. The third-order valence-electron chi connectivity index (χ3n) is 6.01. The van der Waals surface area contributed by atoms with Crippen molar-refractivity contribution in [3.8, 4) is 0 Å². The SMILES string of the molecule is O=C(c1cc2c(s1)CCC2)N1CCC(C(=O)N2CCCCCC2)CC1. The van der Waals surface area contributed by atoms with E-state index in [-0.39, 0.29) is 11.8 Å². The van der Waals surface area contributed by atoms with Crippen molar-refractivity contribution in [2.75, 3.05) is 26.2 Å². The maximum Gasteiger partial charge on any atom is 0.263 e. The molecule has 0 aromatic carbocycles. The van der Waals surface area contributed by atoms with Gasteiger partial charge in [-0.15, -0.1) is 11.3 Å². The van der Waals surface area contributed by atoms with E-state index in [4.69, 9.17) is 0 Å². The topological polar surface area (TPSA) is 40.6 Å². The lowest BCUT2D eigenvalue weighted by Gasteiger charge is -2.33. The number of aryl methyl sites for hydroxylation is 2. The number of hydrogen-bond donors (Lipinski definition) is 0. The fourth-order valence-corrected chi connectivity index (χ4v) is 5.69. The van der Waals surface area contributed by atoms with E-state index in [0.29, 0.717) is 5.91 Å². The third kappa shape index (κ3) is 3.62. The van der Waals surface area contributed by atoms with Crippen LogP contribution >= 0.6 is 11.3 Å². The van der Waals surface area contributed by atoms with E-state index in [1.54, 1.807) is 11.3 Å². The normalized spacial score (nSPS) is 21.9. The van der Waals surface area contributed by atoms with Crippen LogP contribution in [0.3, 0.4) is 0 Å². The Kier molecular flexibility index (Phi) is 5.11. The summed E-state index contributed by atoms with van der Waals surface area (Å²) >= 11 is 1.69. The van der Waals surface area contributed by atoms with Crippen LogP contribution in [0.4, 0.5) is 0 Å². The van der Waals surface area contributed by atoms with Gasteiger partial charge in [-0.1, -0.05) is 12.8 Å². The number of carbonyl (C=O) groups is 2. The van der Waals surface area contributed by atoms with Gasteiger partial charge in [-0.3, -0.25) is 9.59 Å². The van der Waals surface area contributed by atoms with Crippen molar-refractivity contribution in [2.24, 2.45) is 5.92 Å². The van der Waals surface area contributed by atoms with Crippen LogP contribution in [0, 0.1) is 5.92 Å². The fourth-order valence-electron chi connectivity index (χ4n) is 4.47. The van der Waals surface area contributed by atoms with Crippen molar-refractivity contribution in [1.29, 1.82) is 0 Å². The van der Waals surface area contributed by atoms with Crippen LogP contribution in [0.15, 0.2) is 6.07 Å². The number of thiophene rings is 1. The molecule has 0 bridgehead atoms. The van der Waals surface area contributed by atoms with Gasteiger partial charge in [0.2, 0.25) is 5.91 Å². The molecule has 4 nitrogen and oxygen atoms in total. The minimum Gasteiger partial charge on any atom is -0.342 e. The monoisotopic (exact) mass is 360 g/mol. The molecule has 0 saturated carbocycles. The summed E-state index contributed by atoms with van der Waals surface area (Å²) in [4.78, 5) is 31.9. The van der Waals surface area contributed by atoms with Crippen LogP contribution in [0.2, 0.25) is 0 Å². The predicted octanol–water partition coefficient (Wildman–Crippen LogP) is 3.49. The van der Waals surface area contributed by atoms with Gasteiger partial charge >= 0.3 is 0 Å². The highest BCUT2D eigenvalue weighted by Gasteiger charge is 2.31. The van der Waals surface area contributed by atoms with E-state index in [9.17, 15) is 9.59 Å². The van der Waals surface area contributed by atoms with Crippen LogP contribution in [0.5, 0.6) is 0 Å². The van der Waals surface area contributed by atoms with E-state index in [0.717, 1.165) is 69.6 Å². The molecule has 1 aromatic rings. The van der Waals surface area contributed by atoms with Gasteiger partial charge in [0.05, 0.1) is 4.88 Å². The molecular formula is C20H28N2O2S. The number of amides is 2. The lowest BCUT2D eigenvalue weighted by Crippen LogP contribution is -2.44. The van der Waals surface area contributed by atoms with Crippen LogP contribution in [-0.4, -0.2) is 47.8 Å². The summed E-state index contributed by atoms with van der Waals surface area (Å²) in [6, 6.07) is 2.11. The quantitative estimate of drug-likeness (QED) is 0.810. The first-order valence-electron chi connectivity index (χ1n) is 9.92. The Balaban J connectivity index is 1.32. The molecule has 2 fully saturated rings. The van der Waals surface area contributed by atoms with Crippen molar-refractivity contribution in [2.45, 2.75) is 57.8 Å². The Hall–Kier alpha value is -1.36. The molecular weight excluding hydrogens is 332 g/mol. The second-order valence-electron chi connectivity index (χ2n) is 7.72. The minimum atomic E-state index is 0.121. The van der Waals surface area contributed by atoms with E-state index in [1.807, 2.05) is 4.90 Å². The molecule has 0 N–H and O–H groups in total. The summed E-state index contributed by atoms with van der Waals surface area (Å²) in [5.74, 6) is 0.639. The van der Waals surface area contributed by atoms with Gasteiger partial charge in [0, 0.05) is 37.0 Å². The predicted molar refractivity (Wildman–Crippen MR) is 100 cm³/mol. The van der Waals surface area contributed by atoms with Gasteiger partial charge in [-0.25, -0.2) is 0 Å². The molecule has 136 valence electrons. The third-order valence-corrected chi connectivity index (χ3v) is 7.23. The van der Waals surface area contributed by atoms with E-state index < -0.39 is 0 Å². The first-order valence-corrected chi connectivity index (χ1v) is 10.7. The van der Waals surface area contributed by atoms with Gasteiger partial charge in [0.25, 0.3) is 5.91 Å². The zero-order valence-electron chi connectivity index (χ0n) is 15.0. The zero-order valence-corrected chi connectivity index (χ0v) is 15.8. The Bertz CT molecular complexity index is 617. The first-order chi connectivity index (χ1) is 12.2. The number of fused-ring (bicyclic) bond motifs is 1. The number of likely N-dealkylation sites (tertiary alicyclic amines) is 2.